The molecule has 0 spiro atoms. The number of benzene rings is 2. The Morgan fingerprint density at radius 3 is 1.38 bits per heavy atom. The van der Waals surface area contributed by atoms with Crippen molar-refractivity contribution >= 4 is 11.6 Å². The van der Waals surface area contributed by atoms with Crippen LogP contribution in [0.5, 0.6) is 0 Å². The predicted octanol–water partition coefficient (Wildman–Crippen LogP) is 4.64. The van der Waals surface area contributed by atoms with Crippen molar-refractivity contribution in [2.75, 3.05) is 13.2 Å². The van der Waals surface area contributed by atoms with Gasteiger partial charge < -0.3 is 9.47 Å². The normalized spacial score (nSPS) is 38.5. The standard InChI is InChI=1S/C28H28O4/c29-25(23-14-31-23)19-1-5-21(6-2-19)27-10-17-9-18(11-27)13-28(12-17,16-27)22-7-3-20(4-8-22)26(30)24-15-32-24/h1-8,17-18,23-24H,9-16H2. The molecule has 2 aromatic rings. The fraction of sp³-hybridized carbons (Fsp3) is 0.500. The molecule has 32 heavy (non-hydrogen) atoms. The molecule has 2 heterocycles. The average molecular weight is 429 g/mol. The van der Waals surface area contributed by atoms with Gasteiger partial charge in [-0.25, -0.2) is 0 Å². The molecule has 4 heteroatoms. The average Bonchev–Trinajstić information content (AvgIpc) is 3.70. The first-order valence-corrected chi connectivity index (χ1v) is 12.1. The summed E-state index contributed by atoms with van der Waals surface area (Å²) in [4.78, 5) is 24.7. The van der Waals surface area contributed by atoms with Crippen molar-refractivity contribution in [2.24, 2.45) is 11.8 Å². The van der Waals surface area contributed by atoms with E-state index in [1.165, 1.54) is 49.7 Å². The van der Waals surface area contributed by atoms with Crippen molar-refractivity contribution in [1.29, 1.82) is 0 Å². The minimum absolute atomic E-state index is 0.116. The fourth-order valence-electron chi connectivity index (χ4n) is 7.68. The van der Waals surface area contributed by atoms with Gasteiger partial charge in [0.05, 0.1) is 13.2 Å². The largest absolute Gasteiger partial charge is 0.364 e. The van der Waals surface area contributed by atoms with E-state index in [0.717, 1.165) is 23.0 Å². The maximum atomic E-state index is 12.4. The van der Waals surface area contributed by atoms with Crippen LogP contribution in [-0.2, 0) is 20.3 Å². The lowest BCUT2D eigenvalue weighted by Gasteiger charge is -2.63. The van der Waals surface area contributed by atoms with Crippen LogP contribution in [0.1, 0.15) is 70.4 Å². The molecule has 8 rings (SSSR count). The van der Waals surface area contributed by atoms with Gasteiger partial charge in [0.1, 0.15) is 12.2 Å². The second-order valence-corrected chi connectivity index (χ2v) is 11.0. The summed E-state index contributed by atoms with van der Waals surface area (Å²) in [6.07, 6.45) is 7.15. The van der Waals surface area contributed by atoms with Crippen LogP contribution in [0.2, 0.25) is 0 Å². The van der Waals surface area contributed by atoms with Crippen LogP contribution in [-0.4, -0.2) is 37.0 Å². The molecule has 0 aromatic heterocycles. The van der Waals surface area contributed by atoms with E-state index >= 15 is 0 Å². The Bertz CT molecular complexity index is 992. The summed E-state index contributed by atoms with van der Waals surface area (Å²) >= 11 is 0. The van der Waals surface area contributed by atoms with Crippen LogP contribution in [0.4, 0.5) is 0 Å². The van der Waals surface area contributed by atoms with Crippen molar-refractivity contribution in [2.45, 2.75) is 61.6 Å². The van der Waals surface area contributed by atoms with Crippen LogP contribution in [0.15, 0.2) is 48.5 Å². The van der Waals surface area contributed by atoms with Gasteiger partial charge in [-0.15, -0.1) is 0 Å². The Kier molecular flexibility index (Phi) is 3.97. The SMILES string of the molecule is O=C(c1ccc(C23CC4CC(C2)CC(c2ccc(C(=O)C5CO5)cc2)(C4)C3)cc1)C1CO1. The highest BCUT2D eigenvalue weighted by molar-refractivity contribution is 6.01. The molecule has 164 valence electrons. The molecule has 2 atom stereocenters. The monoisotopic (exact) mass is 428 g/mol. The number of ether oxygens (including phenoxy) is 2. The van der Waals surface area contributed by atoms with Crippen LogP contribution in [0, 0.1) is 11.8 Å². The summed E-state index contributed by atoms with van der Waals surface area (Å²) in [5, 5.41) is 0. The van der Waals surface area contributed by atoms with E-state index in [4.69, 9.17) is 9.47 Å². The number of carbonyl (C=O) groups is 2. The van der Waals surface area contributed by atoms with Crippen molar-refractivity contribution in [1.82, 2.24) is 0 Å². The zero-order valence-corrected chi connectivity index (χ0v) is 18.2. The third-order valence-electron chi connectivity index (χ3n) is 8.88. The number of Topliss-reactive ketones (excluding diaryl/α,β-unsaturated/α-hetero) is 2. The van der Waals surface area contributed by atoms with Crippen LogP contribution < -0.4 is 0 Å². The van der Waals surface area contributed by atoms with Crippen molar-refractivity contribution in [3.8, 4) is 0 Å². The number of carbonyl (C=O) groups excluding carboxylic acids is 2. The highest BCUT2D eigenvalue weighted by atomic mass is 16.6. The molecule has 2 saturated heterocycles. The quantitative estimate of drug-likeness (QED) is 0.497. The third kappa shape index (κ3) is 2.96. The second-order valence-electron chi connectivity index (χ2n) is 11.0. The second kappa shape index (κ2) is 6.61. The summed E-state index contributed by atoms with van der Waals surface area (Å²) in [5.74, 6) is 1.76. The van der Waals surface area contributed by atoms with Crippen LogP contribution >= 0.6 is 0 Å². The lowest BCUT2D eigenvalue weighted by atomic mass is 9.41. The van der Waals surface area contributed by atoms with Gasteiger partial charge in [-0.3, -0.25) is 9.59 Å². The van der Waals surface area contributed by atoms with E-state index < -0.39 is 0 Å². The van der Waals surface area contributed by atoms with Gasteiger partial charge in [0.15, 0.2) is 11.6 Å². The Hall–Kier alpha value is -2.30. The van der Waals surface area contributed by atoms with Gasteiger partial charge in [0.25, 0.3) is 0 Å². The third-order valence-corrected chi connectivity index (χ3v) is 8.88. The Morgan fingerprint density at radius 2 is 1.03 bits per heavy atom. The summed E-state index contributed by atoms with van der Waals surface area (Å²) in [5.41, 5.74) is 4.77. The van der Waals surface area contributed by atoms with Gasteiger partial charge >= 0.3 is 0 Å². The maximum Gasteiger partial charge on any atom is 0.193 e. The van der Waals surface area contributed by atoms with E-state index in [9.17, 15) is 9.59 Å². The van der Waals surface area contributed by atoms with E-state index in [1.54, 1.807) is 0 Å². The van der Waals surface area contributed by atoms with Crippen molar-refractivity contribution in [3.05, 3.63) is 70.8 Å². The molecule has 0 N–H and O–H groups in total. The number of ketones is 2. The maximum absolute atomic E-state index is 12.4. The number of hydrogen-bond acceptors (Lipinski definition) is 4. The highest BCUT2D eigenvalue weighted by Gasteiger charge is 2.58. The number of epoxide rings is 2. The Balaban J connectivity index is 1.20. The van der Waals surface area contributed by atoms with Crippen LogP contribution in [0.25, 0.3) is 0 Å². The molecular weight excluding hydrogens is 400 g/mol. The highest BCUT2D eigenvalue weighted by Crippen LogP contribution is 2.66. The molecule has 2 unspecified atom stereocenters. The number of rotatable bonds is 6. The van der Waals surface area contributed by atoms with E-state index in [1.807, 2.05) is 24.3 Å². The molecule has 6 aliphatic rings. The van der Waals surface area contributed by atoms with Crippen molar-refractivity contribution in [3.63, 3.8) is 0 Å². The molecule has 4 aliphatic carbocycles. The predicted molar refractivity (Wildman–Crippen MR) is 119 cm³/mol. The van der Waals surface area contributed by atoms with Gasteiger partial charge in [-0.05, 0) is 72.3 Å². The molecule has 0 radical (unpaired) electrons. The minimum Gasteiger partial charge on any atom is -0.364 e. The summed E-state index contributed by atoms with van der Waals surface area (Å²) in [6.45, 7) is 1.13. The van der Waals surface area contributed by atoms with Gasteiger partial charge in [0, 0.05) is 11.1 Å². The summed E-state index contributed by atoms with van der Waals surface area (Å²) < 4.78 is 10.4. The first kappa shape index (κ1) is 19.2. The van der Waals surface area contributed by atoms with E-state index in [2.05, 4.69) is 24.3 Å². The molecule has 0 amide bonds. The summed E-state index contributed by atoms with van der Waals surface area (Å²) in [6, 6.07) is 16.9. The van der Waals surface area contributed by atoms with E-state index in [0.29, 0.717) is 13.2 Å². The molecular formula is C28H28O4. The molecule has 4 bridgehead atoms. The minimum atomic E-state index is -0.218. The molecule has 4 saturated carbocycles. The van der Waals surface area contributed by atoms with Crippen LogP contribution in [0.3, 0.4) is 0 Å². The Morgan fingerprint density at radius 1 is 0.656 bits per heavy atom. The van der Waals surface area contributed by atoms with Gasteiger partial charge in [0.2, 0.25) is 0 Å². The number of hydrogen-bond donors (Lipinski definition) is 0. The Labute approximate surface area is 188 Å². The first-order chi connectivity index (χ1) is 15.5. The van der Waals surface area contributed by atoms with E-state index in [-0.39, 0.29) is 34.6 Å². The fourth-order valence-corrected chi connectivity index (χ4v) is 7.68. The van der Waals surface area contributed by atoms with Gasteiger partial charge in [-0.1, -0.05) is 48.5 Å². The molecule has 4 nitrogen and oxygen atoms in total. The molecule has 2 aromatic carbocycles. The van der Waals surface area contributed by atoms with Gasteiger partial charge in [-0.2, -0.15) is 0 Å². The zero-order valence-electron chi connectivity index (χ0n) is 18.2. The molecule has 2 aliphatic heterocycles. The first-order valence-electron chi connectivity index (χ1n) is 12.1. The lowest BCUT2D eigenvalue weighted by molar-refractivity contribution is -0.0281. The summed E-state index contributed by atoms with van der Waals surface area (Å²) in [7, 11) is 0. The topological polar surface area (TPSA) is 59.2 Å². The smallest absolute Gasteiger partial charge is 0.193 e. The zero-order chi connectivity index (χ0) is 21.5. The molecule has 6 fully saturated rings. The lowest BCUT2D eigenvalue weighted by Crippen LogP contribution is -2.55. The van der Waals surface area contributed by atoms with Crippen molar-refractivity contribution < 1.29 is 19.1 Å².